The molecule has 2 aromatic carbocycles. The molecule has 0 aliphatic heterocycles. The second-order valence-electron chi connectivity index (χ2n) is 4.99. The van der Waals surface area contributed by atoms with Crippen molar-refractivity contribution in [1.29, 1.82) is 0 Å². The molecule has 0 fully saturated rings. The Labute approximate surface area is 141 Å². The van der Waals surface area contributed by atoms with Crippen LogP contribution >= 0.6 is 35.4 Å². The van der Waals surface area contributed by atoms with Gasteiger partial charge in [0.25, 0.3) is 0 Å². The molecule has 0 unspecified atom stereocenters. The SMILES string of the molecule is O=c1[nH]c2ccc(CC(=S)Cc3ccc(Cl)c(Cl)c3)cc2o1. The molecule has 0 spiro atoms. The van der Waals surface area contributed by atoms with Gasteiger partial charge in [-0.1, -0.05) is 47.6 Å². The molecule has 1 aromatic heterocycles. The number of oxazole rings is 1. The number of nitrogens with one attached hydrogen (secondary N) is 1. The minimum Gasteiger partial charge on any atom is -0.408 e. The van der Waals surface area contributed by atoms with E-state index >= 15 is 0 Å². The average molecular weight is 352 g/mol. The highest BCUT2D eigenvalue weighted by Crippen LogP contribution is 2.23. The van der Waals surface area contributed by atoms with Gasteiger partial charge in [0.1, 0.15) is 0 Å². The Morgan fingerprint density at radius 3 is 2.45 bits per heavy atom. The third-order valence-electron chi connectivity index (χ3n) is 3.27. The van der Waals surface area contributed by atoms with Gasteiger partial charge in [-0.15, -0.1) is 0 Å². The van der Waals surface area contributed by atoms with Crippen molar-refractivity contribution in [3.8, 4) is 0 Å². The Hall–Kier alpha value is -1.62. The number of H-pyrrole nitrogens is 1. The van der Waals surface area contributed by atoms with Crippen LogP contribution in [0, 0.1) is 0 Å². The van der Waals surface area contributed by atoms with Crippen molar-refractivity contribution < 1.29 is 4.42 Å². The van der Waals surface area contributed by atoms with Gasteiger partial charge in [0, 0.05) is 17.7 Å². The van der Waals surface area contributed by atoms with Gasteiger partial charge in [0.05, 0.1) is 15.6 Å². The molecule has 0 aliphatic rings. The summed E-state index contributed by atoms with van der Waals surface area (Å²) in [6.07, 6.45) is 1.27. The maximum atomic E-state index is 11.2. The standard InChI is InChI=1S/C16H11Cl2NO2S/c17-12-3-1-9(7-13(12)18)5-11(22)6-10-2-4-14-15(8-10)21-16(20)19-14/h1-4,7-8H,5-6H2,(H,19,20). The highest BCUT2D eigenvalue weighted by atomic mass is 35.5. The molecule has 0 saturated heterocycles. The predicted molar refractivity (Wildman–Crippen MR) is 93.3 cm³/mol. The maximum Gasteiger partial charge on any atom is 0.417 e. The lowest BCUT2D eigenvalue weighted by molar-refractivity contribution is 0.555. The zero-order valence-electron chi connectivity index (χ0n) is 11.4. The minimum absolute atomic E-state index is 0.453. The number of thiocarbonyl (C=S) groups is 1. The minimum atomic E-state index is -0.453. The van der Waals surface area contributed by atoms with E-state index in [1.165, 1.54) is 0 Å². The average Bonchev–Trinajstić information content (AvgIpc) is 2.82. The van der Waals surface area contributed by atoms with E-state index in [1.54, 1.807) is 6.07 Å². The highest BCUT2D eigenvalue weighted by Gasteiger charge is 2.07. The second-order valence-corrected chi connectivity index (χ2v) is 6.38. The third-order valence-corrected chi connectivity index (χ3v) is 4.30. The maximum absolute atomic E-state index is 11.2. The summed E-state index contributed by atoms with van der Waals surface area (Å²) in [6, 6.07) is 11.1. The van der Waals surface area contributed by atoms with E-state index in [-0.39, 0.29) is 0 Å². The monoisotopic (exact) mass is 351 g/mol. The van der Waals surface area contributed by atoms with Crippen LogP contribution in [0.25, 0.3) is 11.1 Å². The van der Waals surface area contributed by atoms with Gasteiger partial charge in [-0.2, -0.15) is 0 Å². The molecule has 1 N–H and O–H groups in total. The smallest absolute Gasteiger partial charge is 0.408 e. The van der Waals surface area contributed by atoms with E-state index in [2.05, 4.69) is 4.98 Å². The summed E-state index contributed by atoms with van der Waals surface area (Å²) in [5.74, 6) is -0.453. The number of halogens is 2. The summed E-state index contributed by atoms with van der Waals surface area (Å²) < 4.78 is 5.05. The van der Waals surface area contributed by atoms with E-state index in [4.69, 9.17) is 39.8 Å². The number of benzene rings is 2. The molecule has 0 aliphatic carbocycles. The van der Waals surface area contributed by atoms with Crippen LogP contribution in [0.4, 0.5) is 0 Å². The molecular formula is C16H11Cl2NO2S. The lowest BCUT2D eigenvalue weighted by Crippen LogP contribution is -2.04. The van der Waals surface area contributed by atoms with Crippen molar-refractivity contribution >= 4 is 51.4 Å². The topological polar surface area (TPSA) is 46.0 Å². The molecule has 0 amide bonds. The van der Waals surface area contributed by atoms with Gasteiger partial charge < -0.3 is 4.42 Å². The molecular weight excluding hydrogens is 341 g/mol. The van der Waals surface area contributed by atoms with Gasteiger partial charge in [-0.3, -0.25) is 4.98 Å². The Kier molecular flexibility index (Phi) is 4.34. The molecule has 3 aromatic rings. The van der Waals surface area contributed by atoms with Crippen molar-refractivity contribution in [3.05, 3.63) is 68.1 Å². The molecule has 0 bridgehead atoms. The van der Waals surface area contributed by atoms with E-state index in [0.29, 0.717) is 34.0 Å². The van der Waals surface area contributed by atoms with Crippen molar-refractivity contribution in [2.75, 3.05) is 0 Å². The quantitative estimate of drug-likeness (QED) is 0.699. The number of hydrogen-bond donors (Lipinski definition) is 1. The van der Waals surface area contributed by atoms with Crippen LogP contribution in [-0.4, -0.2) is 9.85 Å². The first kappa shape index (κ1) is 15.3. The number of rotatable bonds is 4. The molecule has 0 saturated carbocycles. The fourth-order valence-electron chi connectivity index (χ4n) is 2.27. The van der Waals surface area contributed by atoms with E-state index in [9.17, 15) is 4.79 Å². The van der Waals surface area contributed by atoms with Crippen molar-refractivity contribution in [2.24, 2.45) is 0 Å². The zero-order chi connectivity index (χ0) is 15.7. The van der Waals surface area contributed by atoms with Crippen LogP contribution in [0.3, 0.4) is 0 Å². The predicted octanol–water partition coefficient (Wildman–Crippen LogP) is 4.58. The number of hydrogen-bond acceptors (Lipinski definition) is 3. The molecule has 0 atom stereocenters. The summed E-state index contributed by atoms with van der Waals surface area (Å²) in [4.78, 5) is 14.6. The Morgan fingerprint density at radius 1 is 1.05 bits per heavy atom. The summed E-state index contributed by atoms with van der Waals surface area (Å²) in [6.45, 7) is 0. The van der Waals surface area contributed by atoms with Crippen LogP contribution in [0.2, 0.25) is 10.0 Å². The van der Waals surface area contributed by atoms with E-state index < -0.39 is 5.76 Å². The second kappa shape index (κ2) is 6.24. The summed E-state index contributed by atoms with van der Waals surface area (Å²) in [7, 11) is 0. The summed E-state index contributed by atoms with van der Waals surface area (Å²) in [5, 5.41) is 1.06. The van der Waals surface area contributed by atoms with Gasteiger partial charge in [0.15, 0.2) is 5.58 Å². The molecule has 3 nitrogen and oxygen atoms in total. The van der Waals surface area contributed by atoms with Crippen LogP contribution < -0.4 is 5.76 Å². The normalized spacial score (nSPS) is 11.0. The number of fused-ring (bicyclic) bond motifs is 1. The van der Waals surface area contributed by atoms with Crippen molar-refractivity contribution in [1.82, 2.24) is 4.98 Å². The molecule has 22 heavy (non-hydrogen) atoms. The first-order chi connectivity index (χ1) is 10.5. The largest absolute Gasteiger partial charge is 0.417 e. The molecule has 0 radical (unpaired) electrons. The molecule has 3 rings (SSSR count). The fraction of sp³-hybridized carbons (Fsp3) is 0.125. The van der Waals surface area contributed by atoms with Gasteiger partial charge in [-0.05, 0) is 35.4 Å². The lowest BCUT2D eigenvalue weighted by atomic mass is 10.0. The van der Waals surface area contributed by atoms with Crippen LogP contribution in [-0.2, 0) is 12.8 Å². The number of aromatic nitrogens is 1. The van der Waals surface area contributed by atoms with Crippen molar-refractivity contribution in [2.45, 2.75) is 12.8 Å². The molecule has 112 valence electrons. The van der Waals surface area contributed by atoms with E-state index in [0.717, 1.165) is 16.0 Å². The van der Waals surface area contributed by atoms with Gasteiger partial charge in [0.2, 0.25) is 0 Å². The van der Waals surface area contributed by atoms with Crippen LogP contribution in [0.15, 0.2) is 45.6 Å². The fourth-order valence-corrected chi connectivity index (χ4v) is 2.92. The van der Waals surface area contributed by atoms with E-state index in [1.807, 2.05) is 30.3 Å². The third kappa shape index (κ3) is 3.40. The molecule has 1 heterocycles. The number of aromatic amines is 1. The first-order valence-corrected chi connectivity index (χ1v) is 7.75. The highest BCUT2D eigenvalue weighted by molar-refractivity contribution is 7.80. The van der Waals surface area contributed by atoms with Crippen LogP contribution in [0.5, 0.6) is 0 Å². The summed E-state index contributed by atoms with van der Waals surface area (Å²) in [5.41, 5.74) is 3.25. The van der Waals surface area contributed by atoms with Gasteiger partial charge >= 0.3 is 5.76 Å². The van der Waals surface area contributed by atoms with Gasteiger partial charge in [-0.25, -0.2) is 4.79 Å². The summed E-state index contributed by atoms with van der Waals surface area (Å²) >= 11 is 17.4. The lowest BCUT2D eigenvalue weighted by Gasteiger charge is -2.06. The Balaban J connectivity index is 1.74. The first-order valence-electron chi connectivity index (χ1n) is 6.58. The van der Waals surface area contributed by atoms with Crippen LogP contribution in [0.1, 0.15) is 11.1 Å². The zero-order valence-corrected chi connectivity index (χ0v) is 13.7. The Morgan fingerprint density at radius 2 is 1.73 bits per heavy atom. The Bertz CT molecular complexity index is 914. The molecule has 6 heteroatoms. The van der Waals surface area contributed by atoms with Crippen molar-refractivity contribution in [3.63, 3.8) is 0 Å².